The van der Waals surface area contributed by atoms with E-state index in [2.05, 4.69) is 11.4 Å². The molecule has 4 aromatic rings. The van der Waals surface area contributed by atoms with Gasteiger partial charge in [-0.1, -0.05) is 91.0 Å². The molecule has 0 spiro atoms. The van der Waals surface area contributed by atoms with Crippen LogP contribution >= 0.6 is 0 Å². The fourth-order valence-corrected chi connectivity index (χ4v) is 4.43. The van der Waals surface area contributed by atoms with Crippen LogP contribution in [0.3, 0.4) is 0 Å². The maximum Gasteiger partial charge on any atom is 0.242 e. The van der Waals surface area contributed by atoms with Crippen molar-refractivity contribution in [3.63, 3.8) is 0 Å². The van der Waals surface area contributed by atoms with E-state index in [0.29, 0.717) is 18.4 Å². The first-order valence-corrected chi connectivity index (χ1v) is 11.8. The summed E-state index contributed by atoms with van der Waals surface area (Å²) in [4.78, 5) is 28.2. The van der Waals surface area contributed by atoms with Gasteiger partial charge >= 0.3 is 0 Å². The van der Waals surface area contributed by atoms with Crippen LogP contribution in [-0.4, -0.2) is 29.8 Å². The Morgan fingerprint density at radius 1 is 0.829 bits per heavy atom. The van der Waals surface area contributed by atoms with Crippen molar-refractivity contribution < 1.29 is 14.0 Å². The van der Waals surface area contributed by atoms with Crippen molar-refractivity contribution in [3.8, 4) is 0 Å². The van der Waals surface area contributed by atoms with Gasteiger partial charge < -0.3 is 10.2 Å². The summed E-state index contributed by atoms with van der Waals surface area (Å²) in [5.41, 5.74) is 2.39. The van der Waals surface area contributed by atoms with Crippen molar-refractivity contribution in [2.45, 2.75) is 31.8 Å². The Hall–Kier alpha value is -3.99. The summed E-state index contributed by atoms with van der Waals surface area (Å²) in [6.07, 6.45) is 1.08. The number of benzene rings is 4. The van der Waals surface area contributed by atoms with Crippen LogP contribution in [0.1, 0.15) is 23.1 Å². The Labute approximate surface area is 205 Å². The molecule has 0 radical (unpaired) electrons. The maximum absolute atomic E-state index is 14.6. The van der Waals surface area contributed by atoms with Crippen LogP contribution in [0, 0.1) is 5.82 Å². The number of nitrogens with one attached hydrogen (secondary N) is 1. The second-order valence-electron chi connectivity index (χ2n) is 8.57. The Morgan fingerprint density at radius 3 is 2.26 bits per heavy atom. The molecule has 0 aromatic heterocycles. The normalized spacial score (nSPS) is 11.7. The van der Waals surface area contributed by atoms with E-state index in [1.165, 1.54) is 11.0 Å². The second kappa shape index (κ2) is 11.4. The molecule has 0 saturated heterocycles. The van der Waals surface area contributed by atoms with Crippen molar-refractivity contribution >= 4 is 22.6 Å². The molecule has 4 rings (SSSR count). The third kappa shape index (κ3) is 5.93. The van der Waals surface area contributed by atoms with Gasteiger partial charge in [-0.3, -0.25) is 9.59 Å². The van der Waals surface area contributed by atoms with Crippen LogP contribution in [0.2, 0.25) is 0 Å². The number of amides is 2. The Morgan fingerprint density at radius 2 is 1.49 bits per heavy atom. The number of aryl methyl sites for hydroxylation is 1. The van der Waals surface area contributed by atoms with Crippen molar-refractivity contribution in [2.75, 3.05) is 7.05 Å². The molecule has 0 heterocycles. The minimum Gasteiger partial charge on any atom is -0.357 e. The van der Waals surface area contributed by atoms with E-state index in [1.807, 2.05) is 66.7 Å². The second-order valence-corrected chi connectivity index (χ2v) is 8.57. The van der Waals surface area contributed by atoms with Crippen molar-refractivity contribution in [1.29, 1.82) is 0 Å². The standard InChI is InChI=1S/C30H29FN2O2/c1-32-30(35)28(20-22-10-3-2-4-11-22)33(21-25-13-6-8-17-27(25)31)29(34)19-18-24-15-9-14-23-12-5-7-16-26(23)24/h2-17,28H,18-21H2,1H3,(H,32,35)/t28-/m0/s1. The molecule has 4 nitrogen and oxygen atoms in total. The zero-order valence-corrected chi connectivity index (χ0v) is 19.8. The summed E-state index contributed by atoms with van der Waals surface area (Å²) < 4.78 is 14.6. The largest absolute Gasteiger partial charge is 0.357 e. The van der Waals surface area contributed by atoms with Crippen LogP contribution < -0.4 is 5.32 Å². The van der Waals surface area contributed by atoms with Crippen LogP contribution in [0.4, 0.5) is 4.39 Å². The highest BCUT2D eigenvalue weighted by atomic mass is 19.1. The van der Waals surface area contributed by atoms with Crippen LogP contribution in [0.5, 0.6) is 0 Å². The van der Waals surface area contributed by atoms with E-state index in [9.17, 15) is 14.0 Å². The third-order valence-electron chi connectivity index (χ3n) is 6.30. The average molecular weight is 469 g/mol. The van der Waals surface area contributed by atoms with Gasteiger partial charge in [0.15, 0.2) is 0 Å². The summed E-state index contributed by atoms with van der Waals surface area (Å²) >= 11 is 0. The number of halogens is 1. The molecule has 5 heteroatoms. The lowest BCUT2D eigenvalue weighted by Crippen LogP contribution is -2.49. The topological polar surface area (TPSA) is 49.4 Å². The SMILES string of the molecule is CNC(=O)[C@H](Cc1ccccc1)N(Cc1ccccc1F)C(=O)CCc1cccc2ccccc12. The van der Waals surface area contributed by atoms with Gasteiger partial charge in [0.2, 0.25) is 11.8 Å². The number of fused-ring (bicyclic) bond motifs is 1. The summed E-state index contributed by atoms with van der Waals surface area (Å²) in [6.45, 7) is 0.0198. The highest BCUT2D eigenvalue weighted by molar-refractivity contribution is 5.89. The first-order valence-electron chi connectivity index (χ1n) is 11.8. The molecule has 4 aromatic carbocycles. The zero-order chi connectivity index (χ0) is 24.6. The number of carbonyl (C=O) groups excluding carboxylic acids is 2. The number of likely N-dealkylation sites (N-methyl/N-ethyl adjacent to an activating group) is 1. The summed E-state index contributed by atoms with van der Waals surface area (Å²) in [5.74, 6) is -0.857. The highest BCUT2D eigenvalue weighted by Gasteiger charge is 2.30. The smallest absolute Gasteiger partial charge is 0.242 e. The van der Waals surface area contributed by atoms with Gasteiger partial charge in [0.1, 0.15) is 11.9 Å². The molecule has 1 atom stereocenters. The first kappa shape index (κ1) is 24.1. The lowest BCUT2D eigenvalue weighted by atomic mass is 9.99. The average Bonchev–Trinajstić information content (AvgIpc) is 2.90. The van der Waals surface area contributed by atoms with E-state index >= 15 is 0 Å². The predicted octanol–water partition coefficient (Wildman–Crippen LogP) is 5.30. The third-order valence-corrected chi connectivity index (χ3v) is 6.30. The van der Waals surface area contributed by atoms with Crippen molar-refractivity contribution in [3.05, 3.63) is 120 Å². The molecule has 0 aliphatic carbocycles. The summed E-state index contributed by atoms with van der Waals surface area (Å²) in [7, 11) is 1.56. The van der Waals surface area contributed by atoms with Gasteiger partial charge in [0.05, 0.1) is 0 Å². The molecule has 178 valence electrons. The van der Waals surface area contributed by atoms with Gasteiger partial charge in [0, 0.05) is 32.0 Å². The highest BCUT2D eigenvalue weighted by Crippen LogP contribution is 2.22. The van der Waals surface area contributed by atoms with Gasteiger partial charge in [-0.05, 0) is 34.4 Å². The molecule has 0 fully saturated rings. The van der Waals surface area contributed by atoms with Gasteiger partial charge in [-0.25, -0.2) is 4.39 Å². The molecule has 35 heavy (non-hydrogen) atoms. The lowest BCUT2D eigenvalue weighted by molar-refractivity contribution is -0.141. The molecule has 2 amide bonds. The van der Waals surface area contributed by atoms with Crippen molar-refractivity contribution in [2.24, 2.45) is 0 Å². The number of rotatable bonds is 9. The predicted molar refractivity (Wildman–Crippen MR) is 137 cm³/mol. The van der Waals surface area contributed by atoms with E-state index in [4.69, 9.17) is 0 Å². The maximum atomic E-state index is 14.6. The zero-order valence-electron chi connectivity index (χ0n) is 19.8. The van der Waals surface area contributed by atoms with Gasteiger partial charge in [-0.2, -0.15) is 0 Å². The fourth-order valence-electron chi connectivity index (χ4n) is 4.43. The number of hydrogen-bond acceptors (Lipinski definition) is 2. The molecule has 0 bridgehead atoms. The summed E-state index contributed by atoms with van der Waals surface area (Å²) in [5, 5.41) is 4.92. The Balaban J connectivity index is 1.63. The van der Waals surface area contributed by atoms with Crippen LogP contribution in [-0.2, 0) is 29.0 Å². The fraction of sp³-hybridized carbons (Fsp3) is 0.200. The van der Waals surface area contributed by atoms with E-state index < -0.39 is 11.9 Å². The minimum atomic E-state index is -0.762. The van der Waals surface area contributed by atoms with Crippen molar-refractivity contribution in [1.82, 2.24) is 10.2 Å². The van der Waals surface area contributed by atoms with E-state index in [0.717, 1.165) is 21.9 Å². The molecular formula is C30H29FN2O2. The lowest BCUT2D eigenvalue weighted by Gasteiger charge is -2.31. The van der Waals surface area contributed by atoms with E-state index in [-0.39, 0.29) is 24.8 Å². The Kier molecular flexibility index (Phi) is 7.88. The van der Waals surface area contributed by atoms with Crippen LogP contribution in [0.15, 0.2) is 97.1 Å². The van der Waals surface area contributed by atoms with Gasteiger partial charge in [0.25, 0.3) is 0 Å². The molecule has 1 N–H and O–H groups in total. The number of carbonyl (C=O) groups is 2. The number of hydrogen-bond donors (Lipinski definition) is 1. The van der Waals surface area contributed by atoms with Gasteiger partial charge in [-0.15, -0.1) is 0 Å². The monoisotopic (exact) mass is 468 g/mol. The van der Waals surface area contributed by atoms with Crippen LogP contribution in [0.25, 0.3) is 10.8 Å². The van der Waals surface area contributed by atoms with E-state index in [1.54, 1.807) is 25.2 Å². The first-order chi connectivity index (χ1) is 17.1. The molecule has 0 saturated carbocycles. The molecule has 0 aliphatic heterocycles. The Bertz CT molecular complexity index is 1300. The molecular weight excluding hydrogens is 439 g/mol. The summed E-state index contributed by atoms with van der Waals surface area (Å²) in [6, 6.07) is 29.3. The molecule has 0 unspecified atom stereocenters. The molecule has 0 aliphatic rings. The quantitative estimate of drug-likeness (QED) is 0.363. The number of nitrogens with zero attached hydrogens (tertiary/aromatic N) is 1. The minimum absolute atomic E-state index is 0.0198.